The molecule has 1 aliphatic heterocycles. The summed E-state index contributed by atoms with van der Waals surface area (Å²) in [5, 5.41) is 12.3. The molecule has 0 spiro atoms. The Bertz CT molecular complexity index is 645. The summed E-state index contributed by atoms with van der Waals surface area (Å²) in [6, 6.07) is 3.77. The second kappa shape index (κ2) is 4.66. The van der Waals surface area contributed by atoms with E-state index in [4.69, 9.17) is 5.26 Å². The predicted octanol–water partition coefficient (Wildman–Crippen LogP) is 1.09. The average Bonchev–Trinajstić information content (AvgIpc) is 2.96. The van der Waals surface area contributed by atoms with Crippen LogP contribution in [0.4, 0.5) is 13.2 Å². The first kappa shape index (κ1) is 14.6. The van der Waals surface area contributed by atoms with E-state index in [0.29, 0.717) is 0 Å². The Balaban J connectivity index is 2.49. The Morgan fingerprint density at radius 1 is 1.57 bits per heavy atom. The number of halogens is 3. The molecule has 2 atom stereocenters. The third-order valence-electron chi connectivity index (χ3n) is 3.05. The van der Waals surface area contributed by atoms with E-state index in [1.54, 1.807) is 5.32 Å². The number of carbonyl (C=O) groups excluding carboxylic acids is 2. The summed E-state index contributed by atoms with van der Waals surface area (Å²) in [6.07, 6.45) is -4.11. The molecule has 2 rings (SSSR count). The van der Waals surface area contributed by atoms with E-state index in [9.17, 15) is 22.8 Å². The molecule has 2 amide bonds. The highest BCUT2D eigenvalue weighted by Gasteiger charge is 2.70. The summed E-state index contributed by atoms with van der Waals surface area (Å²) in [6.45, 7) is 3.21. The van der Waals surface area contributed by atoms with Gasteiger partial charge in [0.15, 0.2) is 5.76 Å². The number of nitrogens with zero attached hydrogens (tertiary/aromatic N) is 1. The highest BCUT2D eigenvalue weighted by molar-refractivity contribution is 6.01. The molecule has 1 aliphatic rings. The lowest BCUT2D eigenvalue weighted by Gasteiger charge is -2.31. The number of rotatable bonds is 2. The first-order valence-corrected chi connectivity index (χ1v) is 5.56. The van der Waals surface area contributed by atoms with Crippen molar-refractivity contribution < 1.29 is 27.2 Å². The van der Waals surface area contributed by atoms with Gasteiger partial charge in [0.25, 0.3) is 11.8 Å². The number of furan rings is 1. The zero-order valence-electron chi connectivity index (χ0n) is 10.3. The van der Waals surface area contributed by atoms with Crippen LogP contribution >= 0.6 is 0 Å². The fraction of sp³-hybridized carbons (Fsp3) is 0.250. The molecule has 1 saturated heterocycles. The molecule has 0 radical (unpaired) electrons. The number of hydrogen-bond acceptors (Lipinski definition) is 4. The summed E-state index contributed by atoms with van der Waals surface area (Å²) in [4.78, 5) is 23.5. The standard InChI is InChI=1S/C12H8F3N3O3/c1-6-7(5-16)11(10(20)17-6,12(13,14)15)18-9(19)8-3-2-4-21-8/h2-4,7H,1H2,(H,17,20)(H,18,19)/t7-,11+/m0/s1. The van der Waals surface area contributed by atoms with Gasteiger partial charge in [-0.3, -0.25) is 9.59 Å². The van der Waals surface area contributed by atoms with Crippen LogP contribution in [0.5, 0.6) is 0 Å². The number of nitriles is 1. The lowest BCUT2D eigenvalue weighted by Crippen LogP contribution is -2.66. The van der Waals surface area contributed by atoms with Crippen molar-refractivity contribution in [2.24, 2.45) is 5.92 Å². The molecule has 1 aromatic heterocycles. The van der Waals surface area contributed by atoms with Gasteiger partial charge in [-0.25, -0.2) is 0 Å². The molecule has 0 bridgehead atoms. The van der Waals surface area contributed by atoms with Crippen molar-refractivity contribution in [1.82, 2.24) is 10.6 Å². The van der Waals surface area contributed by atoms with Gasteiger partial charge in [0.2, 0.25) is 5.54 Å². The maximum atomic E-state index is 13.4. The van der Waals surface area contributed by atoms with E-state index in [0.717, 1.165) is 12.3 Å². The van der Waals surface area contributed by atoms with Gasteiger partial charge in [-0.1, -0.05) is 6.58 Å². The van der Waals surface area contributed by atoms with Gasteiger partial charge in [0.1, 0.15) is 5.92 Å². The van der Waals surface area contributed by atoms with E-state index in [-0.39, 0.29) is 0 Å². The third kappa shape index (κ3) is 2.05. The van der Waals surface area contributed by atoms with Crippen LogP contribution in [0, 0.1) is 17.2 Å². The highest BCUT2D eigenvalue weighted by atomic mass is 19.4. The van der Waals surface area contributed by atoms with Crippen LogP contribution in [0.3, 0.4) is 0 Å². The van der Waals surface area contributed by atoms with Crippen LogP contribution in [0.15, 0.2) is 35.1 Å². The quantitative estimate of drug-likeness (QED) is 0.854. The first-order valence-electron chi connectivity index (χ1n) is 5.56. The molecule has 2 N–H and O–H groups in total. The molecule has 0 saturated carbocycles. The van der Waals surface area contributed by atoms with Crippen LogP contribution in [0.1, 0.15) is 10.6 Å². The summed E-state index contributed by atoms with van der Waals surface area (Å²) in [5.74, 6) is -5.22. The maximum absolute atomic E-state index is 13.4. The van der Waals surface area contributed by atoms with Gasteiger partial charge in [-0.05, 0) is 12.1 Å². The summed E-state index contributed by atoms with van der Waals surface area (Å²) >= 11 is 0. The lowest BCUT2D eigenvalue weighted by atomic mass is 9.85. The van der Waals surface area contributed by atoms with Crippen molar-refractivity contribution in [2.45, 2.75) is 11.7 Å². The Kier molecular flexibility index (Phi) is 3.25. The van der Waals surface area contributed by atoms with E-state index < -0.39 is 40.9 Å². The molecule has 21 heavy (non-hydrogen) atoms. The smallest absolute Gasteiger partial charge is 0.422 e. The van der Waals surface area contributed by atoms with Gasteiger partial charge in [-0.2, -0.15) is 18.4 Å². The van der Waals surface area contributed by atoms with Crippen LogP contribution in [-0.4, -0.2) is 23.5 Å². The topological polar surface area (TPSA) is 95.1 Å². The fourth-order valence-corrected chi connectivity index (χ4v) is 2.02. The second-order valence-electron chi connectivity index (χ2n) is 4.28. The van der Waals surface area contributed by atoms with Gasteiger partial charge in [0.05, 0.1) is 12.3 Å². The maximum Gasteiger partial charge on any atom is 0.422 e. The van der Waals surface area contributed by atoms with Crippen LogP contribution < -0.4 is 10.6 Å². The summed E-state index contributed by atoms with van der Waals surface area (Å²) < 4.78 is 44.8. The molecule has 2 heterocycles. The third-order valence-corrected chi connectivity index (χ3v) is 3.05. The predicted molar refractivity (Wildman–Crippen MR) is 61.3 cm³/mol. The number of alkyl halides is 3. The van der Waals surface area contributed by atoms with Crippen molar-refractivity contribution in [2.75, 3.05) is 0 Å². The molecular formula is C12H8F3N3O3. The highest BCUT2D eigenvalue weighted by Crippen LogP contribution is 2.42. The number of carbonyl (C=O) groups is 2. The van der Waals surface area contributed by atoms with E-state index in [2.05, 4.69) is 11.0 Å². The molecule has 0 aliphatic carbocycles. The van der Waals surface area contributed by atoms with Gasteiger partial charge in [0, 0.05) is 5.70 Å². The van der Waals surface area contributed by atoms with E-state index in [1.165, 1.54) is 12.1 Å². The Hall–Kier alpha value is -2.76. The summed E-state index contributed by atoms with van der Waals surface area (Å²) in [7, 11) is 0. The fourth-order valence-electron chi connectivity index (χ4n) is 2.02. The first-order chi connectivity index (χ1) is 9.74. The molecule has 0 unspecified atom stereocenters. The Labute approximate surface area is 116 Å². The van der Waals surface area contributed by atoms with Crippen molar-refractivity contribution in [3.63, 3.8) is 0 Å². The second-order valence-corrected chi connectivity index (χ2v) is 4.28. The minimum absolute atomic E-state index is 0.416. The van der Waals surface area contributed by atoms with Gasteiger partial charge < -0.3 is 15.1 Å². The van der Waals surface area contributed by atoms with Crippen molar-refractivity contribution in [3.05, 3.63) is 36.4 Å². The van der Waals surface area contributed by atoms with Crippen molar-refractivity contribution >= 4 is 11.8 Å². The zero-order chi connectivity index (χ0) is 15.8. The molecule has 0 aromatic carbocycles. The van der Waals surface area contributed by atoms with Crippen LogP contribution in [0.2, 0.25) is 0 Å². The molecule has 9 heteroatoms. The SMILES string of the molecule is C=C1NC(=O)[C@@](NC(=O)c2ccco2)(C(F)(F)F)[C@H]1C#N. The molecule has 1 fully saturated rings. The van der Waals surface area contributed by atoms with Crippen molar-refractivity contribution in [3.8, 4) is 6.07 Å². The number of amides is 2. The Morgan fingerprint density at radius 2 is 2.24 bits per heavy atom. The van der Waals surface area contributed by atoms with E-state index in [1.807, 2.05) is 5.32 Å². The average molecular weight is 299 g/mol. The molecule has 110 valence electrons. The Morgan fingerprint density at radius 3 is 2.71 bits per heavy atom. The largest absolute Gasteiger partial charge is 0.459 e. The van der Waals surface area contributed by atoms with Gasteiger partial charge >= 0.3 is 6.18 Å². The van der Waals surface area contributed by atoms with Crippen LogP contribution in [-0.2, 0) is 4.79 Å². The number of nitrogens with one attached hydrogen (secondary N) is 2. The molecular weight excluding hydrogens is 291 g/mol. The normalized spacial score (nSPS) is 25.3. The molecule has 1 aromatic rings. The number of hydrogen-bond donors (Lipinski definition) is 2. The van der Waals surface area contributed by atoms with Crippen LogP contribution in [0.25, 0.3) is 0 Å². The minimum atomic E-state index is -5.20. The van der Waals surface area contributed by atoms with Gasteiger partial charge in [-0.15, -0.1) is 0 Å². The zero-order valence-corrected chi connectivity index (χ0v) is 10.3. The lowest BCUT2D eigenvalue weighted by molar-refractivity contribution is -0.198. The van der Waals surface area contributed by atoms with E-state index >= 15 is 0 Å². The van der Waals surface area contributed by atoms with Crippen molar-refractivity contribution in [1.29, 1.82) is 5.26 Å². The monoisotopic (exact) mass is 299 g/mol. The minimum Gasteiger partial charge on any atom is -0.459 e. The summed E-state index contributed by atoms with van der Waals surface area (Å²) in [5.41, 5.74) is -3.83. The molecule has 6 nitrogen and oxygen atoms in total.